The molecule has 3 rings (SSSR count). The molecule has 1 fully saturated rings. The third-order valence-electron chi connectivity index (χ3n) is 5.06. The van der Waals surface area contributed by atoms with Crippen LogP contribution in [0.15, 0.2) is 35.2 Å². The minimum atomic E-state index is -3.86. The Morgan fingerprint density at radius 3 is 2.27 bits per heavy atom. The maximum absolute atomic E-state index is 12.6. The highest BCUT2D eigenvalue weighted by molar-refractivity contribution is 7.92. The average molecular weight is 433 g/mol. The topological polar surface area (TPSA) is 138 Å². The number of hydrogen-bond acceptors (Lipinski definition) is 6. The fourth-order valence-corrected chi connectivity index (χ4v) is 4.65. The molecule has 0 radical (unpaired) electrons. The Morgan fingerprint density at radius 2 is 1.67 bits per heavy atom. The minimum absolute atomic E-state index is 0.00972. The predicted octanol–water partition coefficient (Wildman–Crippen LogP) is 2.72. The Kier molecular flexibility index (Phi) is 6.35. The third-order valence-corrected chi connectivity index (χ3v) is 6.43. The van der Waals surface area contributed by atoms with E-state index in [2.05, 4.69) is 20.0 Å². The highest BCUT2D eigenvalue weighted by Gasteiger charge is 2.35. The second kappa shape index (κ2) is 8.78. The third kappa shape index (κ3) is 5.12. The quantitative estimate of drug-likeness (QED) is 0.638. The second-order valence-corrected chi connectivity index (χ2v) is 9.08. The molecular weight excluding hydrogens is 408 g/mol. The van der Waals surface area contributed by atoms with Crippen molar-refractivity contribution < 1.29 is 23.1 Å². The lowest BCUT2D eigenvalue weighted by atomic mass is 9.78. The number of aliphatic carboxylic acids is 1. The lowest BCUT2D eigenvalue weighted by molar-refractivity contribution is -0.147. The molecule has 0 saturated heterocycles. The molecule has 160 valence electrons. The highest BCUT2D eigenvalue weighted by atomic mass is 32.2. The average Bonchev–Trinajstić information content (AvgIpc) is 2.67. The lowest BCUT2D eigenvalue weighted by Gasteiger charge is -2.27. The summed E-state index contributed by atoms with van der Waals surface area (Å²) in [4.78, 5) is 32.1. The van der Waals surface area contributed by atoms with Crippen molar-refractivity contribution in [3.63, 3.8) is 0 Å². The maximum Gasteiger partial charge on any atom is 0.307 e. The largest absolute Gasteiger partial charge is 0.481 e. The number of hydrogen-bond donors (Lipinski definition) is 3. The molecule has 1 aliphatic carbocycles. The first-order chi connectivity index (χ1) is 14.2. The highest BCUT2D eigenvalue weighted by Crippen LogP contribution is 2.31. The second-order valence-electron chi connectivity index (χ2n) is 7.40. The standard InChI is InChI=1S/C20H24N4O5S/c1-12-11-18(22-13(2)21-12)24-30(28,29)15-9-7-14(8-10-15)23-19(25)16-5-3-4-6-17(16)20(26)27/h7-11,16-17H,3-6H2,1-2H3,(H,23,25)(H,26,27)(H,21,22,24)/t16-,17+/m1/s1. The zero-order valence-electron chi connectivity index (χ0n) is 16.8. The van der Waals surface area contributed by atoms with Crippen LogP contribution in [-0.4, -0.2) is 35.4 Å². The van der Waals surface area contributed by atoms with Gasteiger partial charge >= 0.3 is 5.97 Å². The Morgan fingerprint density at radius 1 is 1.03 bits per heavy atom. The van der Waals surface area contributed by atoms with Crippen LogP contribution in [0, 0.1) is 25.7 Å². The molecule has 1 amide bonds. The fraction of sp³-hybridized carbons (Fsp3) is 0.400. The van der Waals surface area contributed by atoms with E-state index >= 15 is 0 Å². The van der Waals surface area contributed by atoms with Crippen LogP contribution in [0.4, 0.5) is 11.5 Å². The molecule has 2 aromatic rings. The van der Waals surface area contributed by atoms with Gasteiger partial charge in [0.1, 0.15) is 11.6 Å². The molecular formula is C20H24N4O5S. The number of aryl methyl sites for hydroxylation is 2. The first-order valence-electron chi connectivity index (χ1n) is 9.64. The number of carboxylic acid groups (broad SMARTS) is 1. The number of nitrogens with zero attached hydrogens (tertiary/aromatic N) is 2. The van der Waals surface area contributed by atoms with Crippen LogP contribution in [0.1, 0.15) is 37.2 Å². The van der Waals surface area contributed by atoms with Crippen molar-refractivity contribution in [2.45, 2.75) is 44.4 Å². The SMILES string of the molecule is Cc1cc(NS(=O)(=O)c2ccc(NC(=O)[C@@H]3CCCC[C@@H]3C(=O)O)cc2)nc(C)n1. The van der Waals surface area contributed by atoms with Gasteiger partial charge in [0.05, 0.1) is 16.7 Å². The molecule has 30 heavy (non-hydrogen) atoms. The summed E-state index contributed by atoms with van der Waals surface area (Å²) in [6.07, 6.45) is 2.62. The number of carbonyl (C=O) groups excluding carboxylic acids is 1. The van der Waals surface area contributed by atoms with Crippen molar-refractivity contribution in [2.75, 3.05) is 10.0 Å². The smallest absolute Gasteiger partial charge is 0.307 e. The van der Waals surface area contributed by atoms with E-state index < -0.39 is 27.8 Å². The van der Waals surface area contributed by atoms with Crippen molar-refractivity contribution in [3.05, 3.63) is 41.9 Å². The molecule has 2 atom stereocenters. The van der Waals surface area contributed by atoms with Crippen LogP contribution < -0.4 is 10.0 Å². The van der Waals surface area contributed by atoms with Gasteiger partial charge in [0.2, 0.25) is 5.91 Å². The summed E-state index contributed by atoms with van der Waals surface area (Å²) in [7, 11) is -3.86. The summed E-state index contributed by atoms with van der Waals surface area (Å²) < 4.78 is 27.6. The number of carbonyl (C=O) groups is 2. The van der Waals surface area contributed by atoms with Crippen LogP contribution >= 0.6 is 0 Å². The summed E-state index contributed by atoms with van der Waals surface area (Å²) in [6, 6.07) is 7.22. The molecule has 1 aliphatic rings. The minimum Gasteiger partial charge on any atom is -0.481 e. The van der Waals surface area contributed by atoms with E-state index in [9.17, 15) is 23.1 Å². The van der Waals surface area contributed by atoms with E-state index in [0.717, 1.165) is 12.8 Å². The molecule has 1 heterocycles. The Bertz CT molecular complexity index is 1030. The number of nitrogens with one attached hydrogen (secondary N) is 2. The van der Waals surface area contributed by atoms with Gasteiger partial charge in [0.25, 0.3) is 10.0 Å². The van der Waals surface area contributed by atoms with E-state index in [4.69, 9.17) is 0 Å². The number of sulfonamides is 1. The first-order valence-corrected chi connectivity index (χ1v) is 11.1. The van der Waals surface area contributed by atoms with E-state index in [1.54, 1.807) is 13.8 Å². The van der Waals surface area contributed by atoms with Gasteiger partial charge in [-0.05, 0) is 51.0 Å². The Balaban J connectivity index is 1.70. The van der Waals surface area contributed by atoms with Gasteiger partial charge in [-0.15, -0.1) is 0 Å². The van der Waals surface area contributed by atoms with E-state index in [0.29, 0.717) is 30.0 Å². The summed E-state index contributed by atoms with van der Waals surface area (Å²) >= 11 is 0. The molecule has 0 spiro atoms. The van der Waals surface area contributed by atoms with Crippen LogP contribution in [0.5, 0.6) is 0 Å². The van der Waals surface area contributed by atoms with Gasteiger partial charge in [-0.3, -0.25) is 14.3 Å². The van der Waals surface area contributed by atoms with Crippen molar-refractivity contribution >= 4 is 33.4 Å². The molecule has 9 nitrogen and oxygen atoms in total. The van der Waals surface area contributed by atoms with Crippen LogP contribution in [0.3, 0.4) is 0 Å². The lowest BCUT2D eigenvalue weighted by Crippen LogP contribution is -2.36. The zero-order chi connectivity index (χ0) is 21.9. The number of rotatable bonds is 6. The molecule has 3 N–H and O–H groups in total. The maximum atomic E-state index is 12.6. The number of carboxylic acids is 1. The predicted molar refractivity (Wildman–Crippen MR) is 110 cm³/mol. The van der Waals surface area contributed by atoms with Gasteiger partial charge in [0, 0.05) is 17.4 Å². The van der Waals surface area contributed by atoms with Crippen molar-refractivity contribution in [3.8, 4) is 0 Å². The summed E-state index contributed by atoms with van der Waals surface area (Å²) in [6.45, 7) is 3.41. The summed E-state index contributed by atoms with van der Waals surface area (Å²) in [5.74, 6) is -1.98. The fourth-order valence-electron chi connectivity index (χ4n) is 3.66. The molecule has 1 saturated carbocycles. The van der Waals surface area contributed by atoms with Gasteiger partial charge in [-0.1, -0.05) is 12.8 Å². The van der Waals surface area contributed by atoms with E-state index in [1.165, 1.54) is 30.3 Å². The molecule has 10 heteroatoms. The Labute approximate surface area is 175 Å². The van der Waals surface area contributed by atoms with Gasteiger partial charge < -0.3 is 10.4 Å². The normalized spacial score (nSPS) is 19.1. The zero-order valence-corrected chi connectivity index (χ0v) is 17.6. The molecule has 0 aliphatic heterocycles. The van der Waals surface area contributed by atoms with E-state index in [1.807, 2.05) is 0 Å². The molecule has 1 aromatic carbocycles. The summed E-state index contributed by atoms with van der Waals surface area (Å²) in [5.41, 5.74) is 1.04. The number of benzene rings is 1. The van der Waals surface area contributed by atoms with Gasteiger partial charge in [0.15, 0.2) is 0 Å². The molecule has 1 aromatic heterocycles. The van der Waals surface area contributed by atoms with Gasteiger partial charge in [-0.2, -0.15) is 0 Å². The molecule has 0 bridgehead atoms. The van der Waals surface area contributed by atoms with Crippen LogP contribution in [0.2, 0.25) is 0 Å². The van der Waals surface area contributed by atoms with Gasteiger partial charge in [-0.25, -0.2) is 18.4 Å². The first kappa shape index (κ1) is 21.7. The van der Waals surface area contributed by atoms with Crippen molar-refractivity contribution in [1.29, 1.82) is 0 Å². The summed E-state index contributed by atoms with van der Waals surface area (Å²) in [5, 5.41) is 12.0. The van der Waals surface area contributed by atoms with Crippen molar-refractivity contribution in [2.24, 2.45) is 11.8 Å². The van der Waals surface area contributed by atoms with E-state index in [-0.39, 0.29) is 16.6 Å². The Hall–Kier alpha value is -3.01. The number of anilines is 2. The van der Waals surface area contributed by atoms with Crippen LogP contribution in [0.25, 0.3) is 0 Å². The monoisotopic (exact) mass is 432 g/mol. The number of amides is 1. The van der Waals surface area contributed by atoms with Crippen LogP contribution in [-0.2, 0) is 19.6 Å². The number of aromatic nitrogens is 2. The van der Waals surface area contributed by atoms with Crippen molar-refractivity contribution in [1.82, 2.24) is 9.97 Å². The molecule has 0 unspecified atom stereocenters.